The maximum absolute atomic E-state index is 11.4. The number of pyridine rings is 1. The van der Waals surface area contributed by atoms with Crippen LogP contribution in [0.5, 0.6) is 0 Å². The molecule has 0 aromatic carbocycles. The van der Waals surface area contributed by atoms with Gasteiger partial charge in [0.15, 0.2) is 0 Å². The van der Waals surface area contributed by atoms with Crippen molar-refractivity contribution in [3.05, 3.63) is 38.1 Å². The molecular weight excluding hydrogens is 234 g/mol. The molecule has 0 saturated heterocycles. The zero-order valence-corrected chi connectivity index (χ0v) is 10.4. The fourth-order valence-corrected chi connectivity index (χ4v) is 2.31. The van der Waals surface area contributed by atoms with Gasteiger partial charge in [0.1, 0.15) is 11.6 Å². The van der Waals surface area contributed by atoms with Crippen LogP contribution in [-0.4, -0.2) is 9.97 Å². The van der Waals surface area contributed by atoms with Gasteiger partial charge in [0.05, 0.1) is 10.7 Å². The van der Waals surface area contributed by atoms with E-state index in [1.54, 1.807) is 17.4 Å². The van der Waals surface area contributed by atoms with Crippen LogP contribution in [0, 0.1) is 18.3 Å². The number of H-pyrrole nitrogens is 1. The Kier molecular flexibility index (Phi) is 3.07. The van der Waals surface area contributed by atoms with Crippen LogP contribution < -0.4 is 5.56 Å². The molecule has 86 valence electrons. The third-order valence-electron chi connectivity index (χ3n) is 2.49. The van der Waals surface area contributed by atoms with Crippen molar-refractivity contribution in [3.63, 3.8) is 0 Å². The Hall–Kier alpha value is -1.93. The molecule has 2 rings (SSSR count). The van der Waals surface area contributed by atoms with Gasteiger partial charge in [-0.2, -0.15) is 5.26 Å². The number of nitriles is 1. The van der Waals surface area contributed by atoms with Crippen molar-refractivity contribution >= 4 is 11.3 Å². The Morgan fingerprint density at radius 3 is 2.94 bits per heavy atom. The van der Waals surface area contributed by atoms with E-state index < -0.39 is 0 Å². The summed E-state index contributed by atoms with van der Waals surface area (Å²) in [6, 6.07) is 3.49. The minimum Gasteiger partial charge on any atom is -0.325 e. The summed E-state index contributed by atoms with van der Waals surface area (Å²) in [7, 11) is 0. The molecule has 0 amide bonds. The summed E-state index contributed by atoms with van der Waals surface area (Å²) < 4.78 is 0. The normalized spacial score (nSPS) is 10.2. The number of hydrogen-bond donors (Lipinski definition) is 1. The zero-order chi connectivity index (χ0) is 12.4. The molecule has 0 atom stereocenters. The maximum atomic E-state index is 11.4. The lowest BCUT2D eigenvalue weighted by Crippen LogP contribution is -2.12. The summed E-state index contributed by atoms with van der Waals surface area (Å²) in [6.45, 7) is 3.85. The number of rotatable bonds is 2. The Morgan fingerprint density at radius 2 is 2.35 bits per heavy atom. The van der Waals surface area contributed by atoms with Crippen molar-refractivity contribution in [1.29, 1.82) is 5.26 Å². The van der Waals surface area contributed by atoms with Gasteiger partial charge in [-0.15, -0.1) is 11.3 Å². The van der Waals surface area contributed by atoms with Gasteiger partial charge in [0.25, 0.3) is 5.56 Å². The summed E-state index contributed by atoms with van der Waals surface area (Å²) in [5.41, 5.74) is 2.15. The fourth-order valence-electron chi connectivity index (χ4n) is 1.57. The highest BCUT2D eigenvalue weighted by atomic mass is 32.1. The second-order valence-corrected chi connectivity index (χ2v) is 4.59. The molecule has 5 heteroatoms. The predicted octanol–water partition coefficient (Wildman–Crippen LogP) is 2.24. The molecule has 0 radical (unpaired) electrons. The first kappa shape index (κ1) is 11.6. The fraction of sp³-hybridized carbons (Fsp3) is 0.250. The largest absolute Gasteiger partial charge is 0.325 e. The standard InChI is InChI=1S/C12H11N3OS/c1-3-11-15-10(6-17-11)9-4-8(5-13)12(16)14-7(9)2/h4,6H,3H2,1-2H3,(H,14,16). The van der Waals surface area contributed by atoms with Crippen molar-refractivity contribution in [2.45, 2.75) is 20.3 Å². The number of hydrogen-bond acceptors (Lipinski definition) is 4. The minimum atomic E-state index is -0.348. The monoisotopic (exact) mass is 245 g/mol. The van der Waals surface area contributed by atoms with Gasteiger partial charge in [-0.3, -0.25) is 4.79 Å². The van der Waals surface area contributed by atoms with Gasteiger partial charge >= 0.3 is 0 Å². The first-order valence-electron chi connectivity index (χ1n) is 5.24. The van der Waals surface area contributed by atoms with E-state index in [1.807, 2.05) is 25.3 Å². The van der Waals surface area contributed by atoms with Gasteiger partial charge in [-0.1, -0.05) is 6.92 Å². The van der Waals surface area contributed by atoms with Crippen LogP contribution in [-0.2, 0) is 6.42 Å². The quantitative estimate of drug-likeness (QED) is 0.882. The molecule has 0 bridgehead atoms. The average molecular weight is 245 g/mol. The summed E-state index contributed by atoms with van der Waals surface area (Å²) in [5.74, 6) is 0. The number of nitrogens with one attached hydrogen (secondary N) is 1. The highest BCUT2D eigenvalue weighted by Gasteiger charge is 2.10. The summed E-state index contributed by atoms with van der Waals surface area (Å²) in [5, 5.41) is 11.8. The maximum Gasteiger partial charge on any atom is 0.266 e. The number of aromatic amines is 1. The molecule has 0 spiro atoms. The highest BCUT2D eigenvalue weighted by molar-refractivity contribution is 7.09. The van der Waals surface area contributed by atoms with Gasteiger partial charge in [-0.05, 0) is 19.4 Å². The van der Waals surface area contributed by atoms with Crippen molar-refractivity contribution in [2.24, 2.45) is 0 Å². The lowest BCUT2D eigenvalue weighted by molar-refractivity contribution is 1.08. The van der Waals surface area contributed by atoms with E-state index in [-0.39, 0.29) is 11.1 Å². The van der Waals surface area contributed by atoms with Crippen molar-refractivity contribution in [2.75, 3.05) is 0 Å². The van der Waals surface area contributed by atoms with E-state index in [4.69, 9.17) is 5.26 Å². The molecule has 0 aliphatic rings. The summed E-state index contributed by atoms with van der Waals surface area (Å²) >= 11 is 1.58. The smallest absolute Gasteiger partial charge is 0.266 e. The summed E-state index contributed by atoms with van der Waals surface area (Å²) in [4.78, 5) is 18.5. The molecule has 0 aliphatic carbocycles. The van der Waals surface area contributed by atoms with Crippen molar-refractivity contribution < 1.29 is 0 Å². The zero-order valence-electron chi connectivity index (χ0n) is 9.57. The molecule has 4 nitrogen and oxygen atoms in total. The van der Waals surface area contributed by atoms with E-state index in [1.165, 1.54) is 0 Å². The Labute approximate surface area is 103 Å². The molecule has 0 saturated carbocycles. The lowest BCUT2D eigenvalue weighted by Gasteiger charge is -2.02. The molecule has 17 heavy (non-hydrogen) atoms. The Morgan fingerprint density at radius 1 is 1.59 bits per heavy atom. The lowest BCUT2D eigenvalue weighted by atomic mass is 10.1. The van der Waals surface area contributed by atoms with Gasteiger partial charge in [0.2, 0.25) is 0 Å². The van der Waals surface area contributed by atoms with E-state index in [0.717, 1.165) is 28.4 Å². The molecule has 0 aliphatic heterocycles. The van der Waals surface area contributed by atoms with Crippen LogP contribution >= 0.6 is 11.3 Å². The average Bonchev–Trinajstić information content (AvgIpc) is 2.78. The molecule has 2 aromatic rings. The van der Waals surface area contributed by atoms with Crippen LogP contribution in [0.15, 0.2) is 16.2 Å². The predicted molar refractivity (Wildman–Crippen MR) is 67.0 cm³/mol. The van der Waals surface area contributed by atoms with Crippen LogP contribution in [0.2, 0.25) is 0 Å². The molecule has 0 unspecified atom stereocenters. The SMILES string of the molecule is CCc1nc(-c2cc(C#N)c(=O)[nH]c2C)cs1. The third-order valence-corrected chi connectivity index (χ3v) is 3.48. The number of aryl methyl sites for hydroxylation is 2. The van der Waals surface area contributed by atoms with Gasteiger partial charge in [0, 0.05) is 16.6 Å². The first-order valence-corrected chi connectivity index (χ1v) is 6.12. The summed E-state index contributed by atoms with van der Waals surface area (Å²) in [6.07, 6.45) is 0.887. The highest BCUT2D eigenvalue weighted by Crippen LogP contribution is 2.24. The van der Waals surface area contributed by atoms with E-state index >= 15 is 0 Å². The van der Waals surface area contributed by atoms with Crippen LogP contribution in [0.3, 0.4) is 0 Å². The van der Waals surface area contributed by atoms with E-state index in [9.17, 15) is 4.79 Å². The topological polar surface area (TPSA) is 69.5 Å². The molecule has 0 fully saturated rings. The molecule has 2 heterocycles. The van der Waals surface area contributed by atoms with E-state index in [2.05, 4.69) is 9.97 Å². The number of nitrogens with zero attached hydrogens (tertiary/aromatic N) is 2. The third kappa shape index (κ3) is 2.12. The minimum absolute atomic E-state index is 0.122. The Balaban J connectivity index is 2.59. The first-order chi connectivity index (χ1) is 8.15. The number of thiazole rings is 1. The van der Waals surface area contributed by atoms with Gasteiger partial charge < -0.3 is 4.98 Å². The van der Waals surface area contributed by atoms with Gasteiger partial charge in [-0.25, -0.2) is 4.98 Å². The second-order valence-electron chi connectivity index (χ2n) is 3.64. The second kappa shape index (κ2) is 4.52. The Bertz CT molecular complexity index is 649. The van der Waals surface area contributed by atoms with E-state index in [0.29, 0.717) is 0 Å². The van der Waals surface area contributed by atoms with Crippen molar-refractivity contribution in [3.8, 4) is 17.3 Å². The molecule has 2 aromatic heterocycles. The molecule has 1 N–H and O–H groups in total. The van der Waals surface area contributed by atoms with Crippen LogP contribution in [0.25, 0.3) is 11.3 Å². The van der Waals surface area contributed by atoms with Crippen LogP contribution in [0.4, 0.5) is 0 Å². The molecular formula is C12H11N3OS. The van der Waals surface area contributed by atoms with Crippen molar-refractivity contribution in [1.82, 2.24) is 9.97 Å². The van der Waals surface area contributed by atoms with Crippen LogP contribution in [0.1, 0.15) is 23.2 Å². The number of aromatic nitrogens is 2.